The lowest BCUT2D eigenvalue weighted by Gasteiger charge is -1.99. The number of carbonyl (C=O) groups excluding carboxylic acids is 1. The van der Waals surface area contributed by atoms with Crippen LogP contribution in [-0.2, 0) is 0 Å². The van der Waals surface area contributed by atoms with Crippen molar-refractivity contribution in [2.24, 2.45) is 0 Å². The molecule has 0 aliphatic carbocycles. The predicted molar refractivity (Wildman–Crippen MR) is 79.4 cm³/mol. The molecule has 18 heavy (non-hydrogen) atoms. The Morgan fingerprint density at radius 2 is 1.83 bits per heavy atom. The lowest BCUT2D eigenvalue weighted by molar-refractivity contribution is 0.104. The van der Waals surface area contributed by atoms with Crippen LogP contribution in [0, 0.1) is 0 Å². The summed E-state index contributed by atoms with van der Waals surface area (Å²) in [4.78, 5) is 16.1. The van der Waals surface area contributed by atoms with Gasteiger partial charge in [0.15, 0.2) is 5.78 Å². The summed E-state index contributed by atoms with van der Waals surface area (Å²) in [6, 6.07) is 11.0. The minimum Gasteiger partial charge on any atom is -0.289 e. The number of halogens is 2. The number of hydrogen-bond acceptors (Lipinski definition) is 2. The van der Waals surface area contributed by atoms with Gasteiger partial charge in [0.2, 0.25) is 0 Å². The molecule has 90 valence electrons. The lowest BCUT2D eigenvalue weighted by Crippen LogP contribution is -1.94. The summed E-state index contributed by atoms with van der Waals surface area (Å²) in [5.41, 5.74) is 1.39. The average molecular weight is 367 g/mol. The first-order valence-electron chi connectivity index (χ1n) is 5.25. The highest BCUT2D eigenvalue weighted by atomic mass is 79.9. The van der Waals surface area contributed by atoms with Crippen LogP contribution >= 0.6 is 31.9 Å². The first kappa shape index (κ1) is 13.2. The molecule has 4 heteroatoms. The van der Waals surface area contributed by atoms with Crippen LogP contribution in [0.2, 0.25) is 0 Å². The smallest absolute Gasteiger partial charge is 0.185 e. The van der Waals surface area contributed by atoms with Crippen LogP contribution in [0.1, 0.15) is 16.1 Å². The highest BCUT2D eigenvalue weighted by Crippen LogP contribution is 2.20. The van der Waals surface area contributed by atoms with Gasteiger partial charge in [-0.15, -0.1) is 0 Å². The molecule has 0 unspecified atom stereocenters. The zero-order valence-electron chi connectivity index (χ0n) is 9.31. The number of hydrogen-bond donors (Lipinski definition) is 0. The van der Waals surface area contributed by atoms with Crippen LogP contribution in [0.15, 0.2) is 57.6 Å². The molecule has 0 spiro atoms. The van der Waals surface area contributed by atoms with Crippen molar-refractivity contribution < 1.29 is 4.79 Å². The van der Waals surface area contributed by atoms with E-state index >= 15 is 0 Å². The zero-order chi connectivity index (χ0) is 13.0. The number of ketones is 1. The summed E-state index contributed by atoms with van der Waals surface area (Å²) in [5, 5.41) is 0. The molecule has 1 aromatic heterocycles. The molecule has 2 aromatic rings. The largest absolute Gasteiger partial charge is 0.289 e. The Kier molecular flexibility index (Phi) is 4.44. The van der Waals surface area contributed by atoms with E-state index in [1.54, 1.807) is 24.4 Å². The molecule has 0 N–H and O–H groups in total. The van der Waals surface area contributed by atoms with Crippen LogP contribution in [0.3, 0.4) is 0 Å². The topological polar surface area (TPSA) is 30.0 Å². The van der Waals surface area contributed by atoms with Crippen molar-refractivity contribution in [3.05, 3.63) is 68.9 Å². The number of aromatic nitrogens is 1. The predicted octanol–water partition coefficient (Wildman–Crippen LogP) is 4.50. The van der Waals surface area contributed by atoms with E-state index in [0.717, 1.165) is 14.6 Å². The maximum absolute atomic E-state index is 12.0. The third-order valence-corrected chi connectivity index (χ3v) is 3.16. The molecule has 0 saturated heterocycles. The highest BCUT2D eigenvalue weighted by molar-refractivity contribution is 9.11. The summed E-state index contributed by atoms with van der Waals surface area (Å²) < 4.78 is 1.73. The van der Waals surface area contributed by atoms with Gasteiger partial charge in [-0.05, 0) is 42.5 Å². The van der Waals surface area contributed by atoms with Crippen LogP contribution in [0.25, 0.3) is 6.08 Å². The Labute approximate surface area is 122 Å². The first-order chi connectivity index (χ1) is 8.65. The lowest BCUT2D eigenvalue weighted by atomic mass is 10.1. The summed E-state index contributed by atoms with van der Waals surface area (Å²) in [6.45, 7) is 0. The maximum atomic E-state index is 12.0. The van der Waals surface area contributed by atoms with Gasteiger partial charge in [-0.3, -0.25) is 9.78 Å². The number of pyridine rings is 1. The van der Waals surface area contributed by atoms with Crippen LogP contribution in [0.5, 0.6) is 0 Å². The standard InChI is InChI=1S/C14H9Br2NO/c15-11-7-10(8-12(16)9-11)14(18)5-4-13-3-1-2-6-17-13/h1-9H. The summed E-state index contributed by atoms with van der Waals surface area (Å²) in [7, 11) is 0. The molecule has 0 fully saturated rings. The monoisotopic (exact) mass is 365 g/mol. The average Bonchev–Trinajstić information content (AvgIpc) is 2.36. The molecule has 1 aromatic carbocycles. The number of nitrogens with zero attached hydrogens (tertiary/aromatic N) is 1. The fourth-order valence-electron chi connectivity index (χ4n) is 1.43. The van der Waals surface area contributed by atoms with E-state index in [9.17, 15) is 4.79 Å². The van der Waals surface area contributed by atoms with Gasteiger partial charge >= 0.3 is 0 Å². The summed E-state index contributed by atoms with van der Waals surface area (Å²) >= 11 is 6.72. The van der Waals surface area contributed by atoms with E-state index in [-0.39, 0.29) is 5.78 Å². The van der Waals surface area contributed by atoms with E-state index < -0.39 is 0 Å². The van der Waals surface area contributed by atoms with Crippen LogP contribution in [0.4, 0.5) is 0 Å². The van der Waals surface area contributed by atoms with E-state index in [1.165, 1.54) is 6.08 Å². The molecule has 0 atom stereocenters. The maximum Gasteiger partial charge on any atom is 0.185 e. The highest BCUT2D eigenvalue weighted by Gasteiger charge is 2.04. The minimum atomic E-state index is -0.0531. The second-order valence-corrected chi connectivity index (χ2v) is 5.44. The van der Waals surface area contributed by atoms with Crippen molar-refractivity contribution in [2.45, 2.75) is 0 Å². The number of carbonyl (C=O) groups is 1. The van der Waals surface area contributed by atoms with Crippen LogP contribution < -0.4 is 0 Å². The third-order valence-electron chi connectivity index (χ3n) is 2.24. The van der Waals surface area contributed by atoms with Crippen molar-refractivity contribution in [1.82, 2.24) is 4.98 Å². The normalized spacial score (nSPS) is 10.8. The molecule has 0 saturated carbocycles. The number of allylic oxidation sites excluding steroid dienone is 1. The molecule has 1 heterocycles. The fourth-order valence-corrected chi connectivity index (χ4v) is 2.72. The fraction of sp³-hybridized carbons (Fsp3) is 0. The van der Waals surface area contributed by atoms with Gasteiger partial charge in [0.05, 0.1) is 5.69 Å². The molecule has 0 radical (unpaired) electrons. The molecule has 0 aliphatic heterocycles. The van der Waals surface area contributed by atoms with Gasteiger partial charge in [-0.25, -0.2) is 0 Å². The molecule has 0 aliphatic rings. The minimum absolute atomic E-state index is 0.0531. The van der Waals surface area contributed by atoms with Gasteiger partial charge in [0.1, 0.15) is 0 Å². The van der Waals surface area contributed by atoms with Gasteiger partial charge in [-0.2, -0.15) is 0 Å². The molecular formula is C14H9Br2NO. The third kappa shape index (κ3) is 3.62. The Bertz CT molecular complexity index is 574. The summed E-state index contributed by atoms with van der Waals surface area (Å²) in [6.07, 6.45) is 4.92. The Balaban J connectivity index is 2.20. The van der Waals surface area contributed by atoms with Crippen molar-refractivity contribution in [2.75, 3.05) is 0 Å². The van der Waals surface area contributed by atoms with E-state index in [0.29, 0.717) is 5.56 Å². The molecule has 0 amide bonds. The van der Waals surface area contributed by atoms with Crippen LogP contribution in [-0.4, -0.2) is 10.8 Å². The Hall–Kier alpha value is -1.26. The van der Waals surface area contributed by atoms with Crippen molar-refractivity contribution in [1.29, 1.82) is 0 Å². The first-order valence-corrected chi connectivity index (χ1v) is 6.83. The molecule has 0 bridgehead atoms. The SMILES string of the molecule is O=C(C=Cc1ccccn1)c1cc(Br)cc(Br)c1. The van der Waals surface area contributed by atoms with Crippen molar-refractivity contribution in [3.8, 4) is 0 Å². The Morgan fingerprint density at radius 1 is 1.11 bits per heavy atom. The van der Waals surface area contributed by atoms with E-state index in [1.807, 2.05) is 24.3 Å². The second-order valence-electron chi connectivity index (χ2n) is 3.61. The van der Waals surface area contributed by atoms with E-state index in [2.05, 4.69) is 36.8 Å². The molecule has 2 rings (SSSR count). The van der Waals surface area contributed by atoms with Gasteiger partial charge in [0.25, 0.3) is 0 Å². The Morgan fingerprint density at radius 3 is 2.44 bits per heavy atom. The van der Waals surface area contributed by atoms with Crippen molar-refractivity contribution in [3.63, 3.8) is 0 Å². The number of rotatable bonds is 3. The van der Waals surface area contributed by atoms with Gasteiger partial charge in [-0.1, -0.05) is 37.9 Å². The van der Waals surface area contributed by atoms with Gasteiger partial charge in [0, 0.05) is 20.7 Å². The van der Waals surface area contributed by atoms with Crippen molar-refractivity contribution >= 4 is 43.7 Å². The number of benzene rings is 1. The molecular weight excluding hydrogens is 358 g/mol. The molecule has 2 nitrogen and oxygen atoms in total. The second kappa shape index (κ2) is 6.07. The van der Waals surface area contributed by atoms with Gasteiger partial charge < -0.3 is 0 Å². The zero-order valence-corrected chi connectivity index (χ0v) is 12.5. The quantitative estimate of drug-likeness (QED) is 0.591. The van der Waals surface area contributed by atoms with E-state index in [4.69, 9.17) is 0 Å². The summed E-state index contributed by atoms with van der Waals surface area (Å²) in [5.74, 6) is -0.0531.